The minimum Gasteiger partial charge on any atom is -0.274 e. The number of nitriles is 4. The van der Waals surface area contributed by atoms with Gasteiger partial charge in [-0.3, -0.25) is 8.80 Å². The van der Waals surface area contributed by atoms with E-state index in [0.717, 1.165) is 12.4 Å². The zero-order chi connectivity index (χ0) is 22.4. The third-order valence-electron chi connectivity index (χ3n) is 3.66. The normalized spacial score (nSPS) is 13.3. The summed E-state index contributed by atoms with van der Waals surface area (Å²) in [6.45, 7) is 0. The van der Waals surface area contributed by atoms with E-state index < -0.39 is 57.4 Å². The van der Waals surface area contributed by atoms with E-state index in [1.165, 1.54) is 12.1 Å². The van der Waals surface area contributed by atoms with Crippen LogP contribution in [0.1, 0.15) is 23.0 Å². The first kappa shape index (κ1) is 20.0. The van der Waals surface area contributed by atoms with Gasteiger partial charge in [-0.25, -0.2) is 0 Å². The van der Waals surface area contributed by atoms with E-state index in [1.807, 2.05) is 0 Å². The van der Waals surface area contributed by atoms with E-state index in [9.17, 15) is 26.3 Å². The van der Waals surface area contributed by atoms with Crippen molar-refractivity contribution in [1.82, 2.24) is 18.8 Å². The summed E-state index contributed by atoms with van der Waals surface area (Å²) in [4.78, 5) is 12.5. The van der Waals surface area contributed by atoms with Gasteiger partial charge in [-0.2, -0.15) is 67.3 Å². The summed E-state index contributed by atoms with van der Waals surface area (Å²) in [5.41, 5.74) is -8.92. The zero-order valence-corrected chi connectivity index (χ0v) is 13.7. The molecule has 0 fully saturated rings. The SMILES string of the molecule is N#CN=c1nc(C#N)n2c(C(F)(F)F)c3c(=NC#N)nc(C#N)n3c(C(F)(F)F)c12. The van der Waals surface area contributed by atoms with Crippen LogP contribution in [0.15, 0.2) is 9.98 Å². The lowest BCUT2D eigenvalue weighted by molar-refractivity contribution is -0.145. The van der Waals surface area contributed by atoms with Crippen molar-refractivity contribution in [2.75, 3.05) is 0 Å². The maximum absolute atomic E-state index is 13.9. The maximum atomic E-state index is 13.9. The number of halogens is 6. The fraction of sp³-hybridized carbons (Fsp3) is 0.143. The summed E-state index contributed by atoms with van der Waals surface area (Å²) in [5, 5.41) is 35.7. The molecule has 30 heavy (non-hydrogen) atoms. The molecule has 0 spiro atoms. The van der Waals surface area contributed by atoms with Gasteiger partial charge in [0.05, 0.1) is 0 Å². The van der Waals surface area contributed by atoms with Gasteiger partial charge in [0.1, 0.15) is 23.2 Å². The Morgan fingerprint density at radius 2 is 1.00 bits per heavy atom. The first-order chi connectivity index (χ1) is 14.0. The smallest absolute Gasteiger partial charge is 0.274 e. The molecular formula is C14F6N10. The van der Waals surface area contributed by atoms with Crippen molar-refractivity contribution in [3.05, 3.63) is 34.0 Å². The molecule has 0 aliphatic heterocycles. The van der Waals surface area contributed by atoms with E-state index in [0.29, 0.717) is 0 Å². The molecule has 16 heteroatoms. The van der Waals surface area contributed by atoms with Gasteiger partial charge >= 0.3 is 12.4 Å². The summed E-state index contributed by atoms with van der Waals surface area (Å²) < 4.78 is 83.2. The molecule has 0 amide bonds. The number of imidazole rings is 2. The molecule has 3 aromatic heterocycles. The molecule has 3 heterocycles. The Labute approximate surface area is 159 Å². The summed E-state index contributed by atoms with van der Waals surface area (Å²) in [7, 11) is 0. The molecule has 3 aromatic rings. The van der Waals surface area contributed by atoms with Gasteiger partial charge in [0.25, 0.3) is 0 Å². The molecule has 0 radical (unpaired) electrons. The molecular weight excluding hydrogens is 422 g/mol. The zero-order valence-electron chi connectivity index (χ0n) is 13.7. The van der Waals surface area contributed by atoms with Crippen LogP contribution in [0.2, 0.25) is 0 Å². The van der Waals surface area contributed by atoms with Crippen molar-refractivity contribution in [2.24, 2.45) is 9.98 Å². The highest BCUT2D eigenvalue weighted by Gasteiger charge is 2.45. The number of nitrogens with zero attached hydrogens (tertiary/aromatic N) is 10. The van der Waals surface area contributed by atoms with Crippen molar-refractivity contribution < 1.29 is 26.3 Å². The van der Waals surface area contributed by atoms with Crippen molar-refractivity contribution in [1.29, 1.82) is 21.0 Å². The van der Waals surface area contributed by atoms with Crippen LogP contribution in [-0.4, -0.2) is 18.8 Å². The number of rotatable bonds is 0. The second kappa shape index (κ2) is 6.43. The van der Waals surface area contributed by atoms with E-state index in [4.69, 9.17) is 21.0 Å². The Balaban J connectivity index is 3.00. The average Bonchev–Trinajstić information content (AvgIpc) is 3.17. The van der Waals surface area contributed by atoms with Crippen LogP contribution in [0, 0.1) is 45.6 Å². The first-order valence-corrected chi connectivity index (χ1v) is 7.16. The fourth-order valence-electron chi connectivity index (χ4n) is 2.81. The highest BCUT2D eigenvalue weighted by molar-refractivity contribution is 5.66. The molecule has 0 saturated carbocycles. The van der Waals surface area contributed by atoms with Crippen molar-refractivity contribution in [3.63, 3.8) is 0 Å². The van der Waals surface area contributed by atoms with E-state index >= 15 is 0 Å². The van der Waals surface area contributed by atoms with Gasteiger partial charge in [-0.1, -0.05) is 0 Å². The average molecular weight is 422 g/mol. The van der Waals surface area contributed by atoms with Crippen molar-refractivity contribution >= 4 is 11.0 Å². The molecule has 3 rings (SSSR count). The monoisotopic (exact) mass is 422 g/mol. The third-order valence-corrected chi connectivity index (χ3v) is 3.66. The second-order valence-corrected chi connectivity index (χ2v) is 5.23. The Morgan fingerprint density at radius 3 is 1.23 bits per heavy atom. The highest BCUT2D eigenvalue weighted by Crippen LogP contribution is 2.38. The number of hydrogen-bond donors (Lipinski definition) is 0. The lowest BCUT2D eigenvalue weighted by Gasteiger charge is -2.17. The summed E-state index contributed by atoms with van der Waals surface area (Å²) in [6, 6.07) is 2.40. The van der Waals surface area contributed by atoms with Crippen LogP contribution in [-0.2, 0) is 12.4 Å². The molecule has 0 unspecified atom stereocenters. The molecule has 0 N–H and O–H groups in total. The summed E-state index contributed by atoms with van der Waals surface area (Å²) in [6.07, 6.45) is -8.69. The predicted molar refractivity (Wildman–Crippen MR) is 76.9 cm³/mol. The molecule has 10 nitrogen and oxygen atoms in total. The van der Waals surface area contributed by atoms with Crippen LogP contribution in [0.25, 0.3) is 11.0 Å². The lowest BCUT2D eigenvalue weighted by atomic mass is 10.2. The van der Waals surface area contributed by atoms with Gasteiger partial charge in [0.2, 0.25) is 24.0 Å². The number of hydrogen-bond acceptors (Lipinski definition) is 8. The van der Waals surface area contributed by atoms with Gasteiger partial charge in [0, 0.05) is 0 Å². The van der Waals surface area contributed by atoms with Crippen molar-refractivity contribution in [3.8, 4) is 24.5 Å². The molecule has 0 bridgehead atoms. The van der Waals surface area contributed by atoms with Crippen LogP contribution in [0.4, 0.5) is 26.3 Å². The molecule has 0 saturated heterocycles. The number of aromatic nitrogens is 4. The van der Waals surface area contributed by atoms with Gasteiger partial charge in [0.15, 0.2) is 22.4 Å². The number of alkyl halides is 6. The largest absolute Gasteiger partial charge is 0.434 e. The molecule has 148 valence electrons. The highest BCUT2D eigenvalue weighted by atomic mass is 19.4. The van der Waals surface area contributed by atoms with Gasteiger partial charge < -0.3 is 0 Å². The first-order valence-electron chi connectivity index (χ1n) is 7.16. The minimum absolute atomic E-state index is 0.201. The van der Waals surface area contributed by atoms with Crippen molar-refractivity contribution in [2.45, 2.75) is 12.4 Å². The summed E-state index contributed by atoms with van der Waals surface area (Å²) in [5.74, 6) is -2.36. The Morgan fingerprint density at radius 1 is 0.667 bits per heavy atom. The van der Waals surface area contributed by atoms with Crippen LogP contribution < -0.4 is 11.0 Å². The third kappa shape index (κ3) is 2.72. The quantitative estimate of drug-likeness (QED) is 0.388. The molecule has 0 aliphatic carbocycles. The number of fused-ring (bicyclic) bond motifs is 2. The fourth-order valence-corrected chi connectivity index (χ4v) is 2.81. The van der Waals surface area contributed by atoms with E-state index in [-0.39, 0.29) is 8.80 Å². The lowest BCUT2D eigenvalue weighted by Crippen LogP contribution is -2.25. The van der Waals surface area contributed by atoms with Crippen LogP contribution >= 0.6 is 0 Å². The second-order valence-electron chi connectivity index (χ2n) is 5.23. The maximum Gasteiger partial charge on any atom is 0.434 e. The van der Waals surface area contributed by atoms with Gasteiger partial charge in [-0.05, 0) is 0 Å². The summed E-state index contributed by atoms with van der Waals surface area (Å²) >= 11 is 0. The van der Waals surface area contributed by atoms with E-state index in [1.54, 1.807) is 0 Å². The Kier molecular flexibility index (Phi) is 4.30. The topological polar surface area (TPSA) is 154 Å². The standard InChI is InChI=1S/C14F6N10/c15-13(16,17)9-8-12(26-4-24)28-6(2-22)30(8)10(14(18,19)20)7-11(25-3-23)27-5(1-21)29(7)9. The van der Waals surface area contributed by atoms with Gasteiger partial charge in [-0.15, -0.1) is 0 Å². The molecule has 0 aromatic carbocycles. The van der Waals surface area contributed by atoms with Crippen LogP contribution in [0.3, 0.4) is 0 Å². The molecule has 0 aliphatic rings. The van der Waals surface area contributed by atoms with E-state index in [2.05, 4.69) is 20.0 Å². The molecule has 0 atom stereocenters. The predicted octanol–water partition coefficient (Wildman–Crippen LogP) is 0.964. The minimum atomic E-state index is -5.44. The Hall–Kier alpha value is -4.70. The Bertz CT molecular complexity index is 1390. The van der Waals surface area contributed by atoms with Crippen LogP contribution in [0.5, 0.6) is 0 Å².